The second-order valence-electron chi connectivity index (χ2n) is 7.10. The molecule has 0 fully saturated rings. The molecule has 0 spiro atoms. The highest BCUT2D eigenvalue weighted by molar-refractivity contribution is 5.77. The lowest BCUT2D eigenvalue weighted by Crippen LogP contribution is -2.49. The summed E-state index contributed by atoms with van der Waals surface area (Å²) in [7, 11) is 1.56. The Labute approximate surface area is 132 Å². The number of likely N-dealkylation sites (N-methyl/N-ethyl adjacent to an activating group) is 1. The van der Waals surface area contributed by atoms with E-state index in [0.717, 1.165) is 6.29 Å². The molecule has 0 saturated heterocycles. The topological polar surface area (TPSA) is 64.4 Å². The van der Waals surface area contributed by atoms with Crippen LogP contribution in [0.5, 0.6) is 0 Å². The molecule has 1 unspecified atom stereocenters. The first-order chi connectivity index (χ1) is 10.0. The van der Waals surface area contributed by atoms with Crippen LogP contribution in [0.15, 0.2) is 12.3 Å². The average molecular weight is 309 g/mol. The molecule has 0 saturated carbocycles. The zero-order valence-corrected chi connectivity index (χ0v) is 14.6. The lowest BCUT2D eigenvalue weighted by atomic mass is 9.97. The van der Waals surface area contributed by atoms with Crippen molar-refractivity contribution in [2.24, 2.45) is 5.92 Å². The maximum absolute atomic E-state index is 12.3. The first-order valence-electron chi connectivity index (χ1n) is 7.46. The van der Waals surface area contributed by atoms with E-state index in [-0.39, 0.29) is 0 Å². The monoisotopic (exact) mass is 309 g/mol. The highest BCUT2D eigenvalue weighted by atomic mass is 16.6. The molecule has 0 bridgehead atoms. The number of aromatic nitrogens is 2. The van der Waals surface area contributed by atoms with Gasteiger partial charge >= 0.3 is 6.09 Å². The van der Waals surface area contributed by atoms with Crippen molar-refractivity contribution in [2.45, 2.75) is 59.2 Å². The molecule has 6 heteroatoms. The highest BCUT2D eigenvalue weighted by Crippen LogP contribution is 2.27. The molecule has 22 heavy (non-hydrogen) atoms. The Morgan fingerprint density at radius 1 is 1.41 bits per heavy atom. The number of hydrogen-bond donors (Lipinski definition) is 0. The summed E-state index contributed by atoms with van der Waals surface area (Å²) >= 11 is 0. The molecular formula is C16H27N3O3. The molecule has 1 aromatic rings. The van der Waals surface area contributed by atoms with E-state index in [2.05, 4.69) is 18.9 Å². The predicted octanol–water partition coefficient (Wildman–Crippen LogP) is 2.82. The molecule has 124 valence electrons. The van der Waals surface area contributed by atoms with Gasteiger partial charge in [0.1, 0.15) is 11.1 Å². The molecule has 1 amide bonds. The van der Waals surface area contributed by atoms with E-state index in [0.29, 0.717) is 18.2 Å². The summed E-state index contributed by atoms with van der Waals surface area (Å²) in [4.78, 5) is 25.4. The number of aldehydes is 1. The fraction of sp³-hybridized carbons (Fsp3) is 0.688. The number of carbonyl (C=O) groups is 2. The van der Waals surface area contributed by atoms with E-state index in [1.807, 2.05) is 0 Å². The number of carbonyl (C=O) groups excluding carboxylic acids is 2. The number of rotatable bonds is 5. The van der Waals surface area contributed by atoms with Crippen molar-refractivity contribution in [3.05, 3.63) is 18.0 Å². The zero-order chi connectivity index (χ0) is 17.1. The van der Waals surface area contributed by atoms with Gasteiger partial charge in [-0.05, 0) is 39.7 Å². The fourth-order valence-electron chi connectivity index (χ4n) is 2.09. The summed E-state index contributed by atoms with van der Waals surface area (Å²) in [6.45, 7) is 11.9. The lowest BCUT2D eigenvalue weighted by Gasteiger charge is -2.35. The van der Waals surface area contributed by atoms with E-state index in [4.69, 9.17) is 4.74 Å². The first kappa shape index (κ1) is 18.2. The van der Waals surface area contributed by atoms with Crippen molar-refractivity contribution in [1.29, 1.82) is 0 Å². The van der Waals surface area contributed by atoms with E-state index in [9.17, 15) is 9.59 Å². The molecule has 1 atom stereocenters. The molecule has 0 N–H and O–H groups in total. The molecule has 0 aromatic carbocycles. The zero-order valence-electron chi connectivity index (χ0n) is 14.6. The first-order valence-corrected chi connectivity index (χ1v) is 7.46. The van der Waals surface area contributed by atoms with Crippen molar-refractivity contribution in [3.8, 4) is 0 Å². The van der Waals surface area contributed by atoms with Gasteiger partial charge in [-0.3, -0.25) is 9.58 Å². The van der Waals surface area contributed by atoms with Gasteiger partial charge in [-0.1, -0.05) is 13.8 Å². The minimum Gasteiger partial charge on any atom is -0.444 e. The molecule has 0 aliphatic heterocycles. The van der Waals surface area contributed by atoms with E-state index < -0.39 is 17.2 Å². The van der Waals surface area contributed by atoms with Crippen molar-refractivity contribution in [2.75, 3.05) is 7.05 Å². The molecule has 0 aliphatic rings. The van der Waals surface area contributed by atoms with Crippen molar-refractivity contribution < 1.29 is 14.3 Å². The molecule has 1 heterocycles. The van der Waals surface area contributed by atoms with E-state index in [1.165, 1.54) is 4.90 Å². The van der Waals surface area contributed by atoms with Gasteiger partial charge in [0.15, 0.2) is 6.29 Å². The lowest BCUT2D eigenvalue weighted by molar-refractivity contribution is -0.118. The van der Waals surface area contributed by atoms with Crippen molar-refractivity contribution in [3.63, 3.8) is 0 Å². The largest absolute Gasteiger partial charge is 0.444 e. The Balaban J connectivity index is 3.13. The summed E-state index contributed by atoms with van der Waals surface area (Å²) in [5.74, 6) is 0.376. The minimum absolute atomic E-state index is 0.376. The predicted molar refractivity (Wildman–Crippen MR) is 84.5 cm³/mol. The van der Waals surface area contributed by atoms with Crippen LogP contribution in [0.2, 0.25) is 0 Å². The van der Waals surface area contributed by atoms with Crippen LogP contribution in [0.1, 0.15) is 47.2 Å². The maximum atomic E-state index is 12.3. The summed E-state index contributed by atoms with van der Waals surface area (Å²) in [5.41, 5.74) is -1.08. The third-order valence-electron chi connectivity index (χ3n) is 3.37. The number of hydrogen-bond acceptors (Lipinski definition) is 4. The third-order valence-corrected chi connectivity index (χ3v) is 3.37. The van der Waals surface area contributed by atoms with Crippen molar-refractivity contribution in [1.82, 2.24) is 14.7 Å². The van der Waals surface area contributed by atoms with Gasteiger partial charge < -0.3 is 9.53 Å². The second kappa shape index (κ2) is 6.50. The van der Waals surface area contributed by atoms with Crippen molar-refractivity contribution >= 4 is 12.4 Å². The third kappa shape index (κ3) is 4.08. The smallest absolute Gasteiger partial charge is 0.411 e. The minimum atomic E-state index is -1.13. The Morgan fingerprint density at radius 3 is 2.45 bits per heavy atom. The standard InChI is InChI=1S/C16H27N3O3/c1-12(2)10-19-13(8-9-17-19)16(6,11-20)18(7)14(21)22-15(3,4)5/h8-9,11-12H,10H2,1-7H3. The summed E-state index contributed by atoms with van der Waals surface area (Å²) in [5, 5.41) is 4.27. The van der Waals surface area contributed by atoms with E-state index >= 15 is 0 Å². The molecule has 0 aliphatic carbocycles. The van der Waals surface area contributed by atoms with Crippen LogP contribution in [0.25, 0.3) is 0 Å². The SMILES string of the molecule is CC(C)Cn1nccc1C(C)(C=O)N(C)C(=O)OC(C)(C)C. The molecule has 1 aromatic heterocycles. The Bertz CT molecular complexity index is 531. The van der Waals surface area contributed by atoms with Crippen LogP contribution < -0.4 is 0 Å². The second-order valence-corrected chi connectivity index (χ2v) is 7.10. The summed E-state index contributed by atoms with van der Waals surface area (Å²) in [6.07, 6.45) is 1.85. The van der Waals surface area contributed by atoms with Crippen LogP contribution in [0, 0.1) is 5.92 Å². The van der Waals surface area contributed by atoms with E-state index in [1.54, 1.807) is 51.7 Å². The van der Waals surface area contributed by atoms with Crippen LogP contribution in [-0.2, 0) is 21.6 Å². The van der Waals surface area contributed by atoms with Crippen LogP contribution >= 0.6 is 0 Å². The Kier molecular flexibility index (Phi) is 5.38. The average Bonchev–Trinajstić information content (AvgIpc) is 2.82. The number of ether oxygens (including phenoxy) is 1. The van der Waals surface area contributed by atoms with Gasteiger partial charge in [0, 0.05) is 19.8 Å². The summed E-state index contributed by atoms with van der Waals surface area (Å²) in [6, 6.07) is 1.76. The van der Waals surface area contributed by atoms with Crippen LogP contribution in [-0.4, -0.2) is 39.7 Å². The van der Waals surface area contributed by atoms with Gasteiger partial charge in [0.2, 0.25) is 0 Å². The van der Waals surface area contributed by atoms with Gasteiger partial charge in [-0.25, -0.2) is 4.79 Å². The molecule has 6 nitrogen and oxygen atoms in total. The van der Waals surface area contributed by atoms with Gasteiger partial charge in [0.25, 0.3) is 0 Å². The van der Waals surface area contributed by atoms with Gasteiger partial charge in [-0.15, -0.1) is 0 Å². The fourth-order valence-corrected chi connectivity index (χ4v) is 2.09. The quantitative estimate of drug-likeness (QED) is 0.785. The normalized spacial score (nSPS) is 14.5. The maximum Gasteiger partial charge on any atom is 0.411 e. The van der Waals surface area contributed by atoms with Crippen LogP contribution in [0.3, 0.4) is 0 Å². The molecule has 1 rings (SSSR count). The Hall–Kier alpha value is -1.85. The molecular weight excluding hydrogens is 282 g/mol. The molecule has 0 radical (unpaired) electrons. The van der Waals surface area contributed by atoms with Gasteiger partial charge in [0.05, 0.1) is 5.69 Å². The number of nitrogens with zero attached hydrogens (tertiary/aromatic N) is 3. The van der Waals surface area contributed by atoms with Gasteiger partial charge in [-0.2, -0.15) is 5.10 Å². The highest BCUT2D eigenvalue weighted by Gasteiger charge is 2.39. The Morgan fingerprint density at radius 2 is 2.00 bits per heavy atom. The van der Waals surface area contributed by atoms with Crippen LogP contribution in [0.4, 0.5) is 4.79 Å². The number of amides is 1. The summed E-state index contributed by atoms with van der Waals surface area (Å²) < 4.78 is 7.13.